The molecule has 0 aliphatic heterocycles. The molecule has 0 heterocycles. The first kappa shape index (κ1) is 25.4. The van der Waals surface area contributed by atoms with Crippen LogP contribution in [-0.2, 0) is 0 Å². The summed E-state index contributed by atoms with van der Waals surface area (Å²) >= 11 is 0. The lowest BCUT2D eigenvalue weighted by Crippen LogP contribution is -2.21. The smallest absolute Gasteiger partial charge is 0.123 e. The average Bonchev–Trinajstić information content (AvgIpc) is 2.83. The fourth-order valence-corrected chi connectivity index (χ4v) is 5.79. The number of hydrogen-bond donors (Lipinski definition) is 0. The summed E-state index contributed by atoms with van der Waals surface area (Å²) in [5.41, 5.74) is 1.41. The molecule has 2 fully saturated rings. The van der Waals surface area contributed by atoms with Gasteiger partial charge < -0.3 is 9.47 Å². The van der Waals surface area contributed by atoms with E-state index in [1.807, 2.05) is 0 Å². The summed E-state index contributed by atoms with van der Waals surface area (Å²) in [4.78, 5) is 0. The molecule has 1 aromatic rings. The van der Waals surface area contributed by atoms with Crippen molar-refractivity contribution >= 4 is 0 Å². The van der Waals surface area contributed by atoms with Crippen LogP contribution >= 0.6 is 0 Å². The van der Waals surface area contributed by atoms with Crippen molar-refractivity contribution in [1.82, 2.24) is 0 Å². The van der Waals surface area contributed by atoms with Crippen molar-refractivity contribution in [3.05, 3.63) is 23.8 Å². The third kappa shape index (κ3) is 8.31. The molecule has 0 unspecified atom stereocenters. The van der Waals surface area contributed by atoms with Crippen molar-refractivity contribution in [1.29, 1.82) is 0 Å². The molecule has 2 saturated carbocycles. The average molecular weight is 443 g/mol. The second-order valence-electron chi connectivity index (χ2n) is 10.9. The van der Waals surface area contributed by atoms with Crippen molar-refractivity contribution in [2.45, 2.75) is 123 Å². The molecule has 0 saturated heterocycles. The topological polar surface area (TPSA) is 18.5 Å². The summed E-state index contributed by atoms with van der Waals surface area (Å²) in [5, 5.41) is 0. The molecule has 0 amide bonds. The first-order chi connectivity index (χ1) is 15.7. The lowest BCUT2D eigenvalue weighted by atomic mass is 9.79. The normalized spacial score (nSPS) is 26.1. The van der Waals surface area contributed by atoms with E-state index in [-0.39, 0.29) is 0 Å². The van der Waals surface area contributed by atoms with Gasteiger partial charge in [-0.3, -0.25) is 0 Å². The number of benzene rings is 1. The number of ether oxygens (including phenoxy) is 2. The van der Waals surface area contributed by atoms with Gasteiger partial charge in [-0.25, -0.2) is 0 Å². The highest BCUT2D eigenvalue weighted by atomic mass is 16.5. The van der Waals surface area contributed by atoms with E-state index in [1.54, 1.807) is 0 Å². The molecule has 182 valence electrons. The van der Waals surface area contributed by atoms with E-state index < -0.39 is 0 Å². The summed E-state index contributed by atoms with van der Waals surface area (Å²) in [7, 11) is 0. The Labute approximate surface area is 198 Å². The molecule has 0 bridgehead atoms. The van der Waals surface area contributed by atoms with Crippen molar-refractivity contribution in [2.24, 2.45) is 17.8 Å². The fourth-order valence-electron chi connectivity index (χ4n) is 5.79. The first-order valence-corrected chi connectivity index (χ1v) is 14.1. The predicted molar refractivity (Wildman–Crippen MR) is 137 cm³/mol. The van der Waals surface area contributed by atoms with E-state index in [1.165, 1.54) is 95.5 Å². The van der Waals surface area contributed by atoms with E-state index in [2.05, 4.69) is 39.0 Å². The SMILES string of the molecule is CCCCCCCC1CCC(COc2ccc(OCCC)cc2C2CCC(C)CC2)CC1. The molecule has 2 heteroatoms. The minimum absolute atomic E-state index is 0.634. The maximum absolute atomic E-state index is 6.52. The molecule has 2 nitrogen and oxygen atoms in total. The van der Waals surface area contributed by atoms with Crippen LogP contribution in [0.3, 0.4) is 0 Å². The predicted octanol–water partition coefficient (Wildman–Crippen LogP) is 9.31. The monoisotopic (exact) mass is 442 g/mol. The number of unbranched alkanes of at least 4 members (excludes halogenated alkanes) is 4. The summed E-state index contributed by atoms with van der Waals surface area (Å²) in [5.74, 6) is 5.37. The van der Waals surface area contributed by atoms with Gasteiger partial charge in [0.25, 0.3) is 0 Å². The van der Waals surface area contributed by atoms with E-state index in [0.29, 0.717) is 5.92 Å². The van der Waals surface area contributed by atoms with Crippen molar-refractivity contribution in [3.8, 4) is 11.5 Å². The van der Waals surface area contributed by atoms with Crippen LogP contribution in [0, 0.1) is 17.8 Å². The molecule has 2 aliphatic rings. The lowest BCUT2D eigenvalue weighted by Gasteiger charge is -2.30. The molecular formula is C30H50O2. The third-order valence-electron chi connectivity index (χ3n) is 8.07. The van der Waals surface area contributed by atoms with E-state index in [4.69, 9.17) is 9.47 Å². The van der Waals surface area contributed by atoms with Gasteiger partial charge in [0.1, 0.15) is 11.5 Å². The molecule has 3 rings (SSSR count). The van der Waals surface area contributed by atoms with Crippen LogP contribution in [0.1, 0.15) is 129 Å². The Morgan fingerprint density at radius 1 is 0.750 bits per heavy atom. The zero-order valence-electron chi connectivity index (χ0n) is 21.4. The Kier molecular flexibility index (Phi) is 11.3. The molecule has 0 spiro atoms. The zero-order chi connectivity index (χ0) is 22.6. The van der Waals surface area contributed by atoms with Crippen LogP contribution < -0.4 is 9.47 Å². The Hall–Kier alpha value is -1.18. The Morgan fingerprint density at radius 2 is 1.47 bits per heavy atom. The highest BCUT2D eigenvalue weighted by molar-refractivity contribution is 5.42. The van der Waals surface area contributed by atoms with Gasteiger partial charge in [-0.15, -0.1) is 0 Å². The summed E-state index contributed by atoms with van der Waals surface area (Å²) in [6, 6.07) is 6.61. The third-order valence-corrected chi connectivity index (χ3v) is 8.07. The number of hydrogen-bond acceptors (Lipinski definition) is 2. The molecule has 0 atom stereocenters. The maximum Gasteiger partial charge on any atom is 0.123 e. The molecule has 1 aromatic carbocycles. The summed E-state index contributed by atoms with van der Waals surface area (Å²) in [6.07, 6.45) is 20.4. The van der Waals surface area contributed by atoms with Gasteiger partial charge in [-0.05, 0) is 74.0 Å². The quantitative estimate of drug-likeness (QED) is 0.283. The van der Waals surface area contributed by atoms with Gasteiger partial charge in [0.2, 0.25) is 0 Å². The Morgan fingerprint density at radius 3 is 2.19 bits per heavy atom. The largest absolute Gasteiger partial charge is 0.494 e. The highest BCUT2D eigenvalue weighted by Gasteiger charge is 2.25. The van der Waals surface area contributed by atoms with Crippen molar-refractivity contribution < 1.29 is 9.47 Å². The van der Waals surface area contributed by atoms with Gasteiger partial charge in [0.05, 0.1) is 13.2 Å². The second kappa shape index (κ2) is 14.2. The van der Waals surface area contributed by atoms with Gasteiger partial charge in [-0.2, -0.15) is 0 Å². The molecule has 0 aromatic heterocycles. The first-order valence-electron chi connectivity index (χ1n) is 14.1. The zero-order valence-corrected chi connectivity index (χ0v) is 21.4. The van der Waals surface area contributed by atoms with E-state index >= 15 is 0 Å². The van der Waals surface area contributed by atoms with E-state index in [9.17, 15) is 0 Å². The fraction of sp³-hybridized carbons (Fsp3) is 0.800. The van der Waals surface area contributed by atoms with Crippen LogP contribution in [0.4, 0.5) is 0 Å². The second-order valence-corrected chi connectivity index (χ2v) is 10.9. The van der Waals surface area contributed by atoms with Gasteiger partial charge in [-0.1, -0.05) is 85.0 Å². The minimum Gasteiger partial charge on any atom is -0.494 e. The van der Waals surface area contributed by atoms with Crippen LogP contribution in [0.2, 0.25) is 0 Å². The molecule has 0 radical (unpaired) electrons. The Balaban J connectivity index is 1.48. The van der Waals surface area contributed by atoms with Crippen molar-refractivity contribution in [2.75, 3.05) is 13.2 Å². The van der Waals surface area contributed by atoms with Crippen LogP contribution in [0.25, 0.3) is 0 Å². The molecule has 32 heavy (non-hydrogen) atoms. The lowest BCUT2D eigenvalue weighted by molar-refractivity contribution is 0.175. The van der Waals surface area contributed by atoms with Crippen molar-refractivity contribution in [3.63, 3.8) is 0 Å². The minimum atomic E-state index is 0.634. The molecule has 2 aliphatic carbocycles. The Bertz CT molecular complexity index is 624. The molecular weight excluding hydrogens is 392 g/mol. The van der Waals surface area contributed by atoms with Crippen LogP contribution in [0.15, 0.2) is 18.2 Å². The van der Waals surface area contributed by atoms with Crippen LogP contribution in [0.5, 0.6) is 11.5 Å². The van der Waals surface area contributed by atoms with E-state index in [0.717, 1.165) is 48.9 Å². The number of rotatable bonds is 13. The van der Waals surface area contributed by atoms with Crippen LogP contribution in [-0.4, -0.2) is 13.2 Å². The standard InChI is InChI=1S/C30H50O2/c1-4-6-7-8-9-10-25-13-15-26(16-14-25)23-32-30-20-19-28(31-21-5-2)22-29(30)27-17-11-24(3)12-18-27/h19-20,22,24-27H,4-18,21,23H2,1-3H3. The summed E-state index contributed by atoms with van der Waals surface area (Å²) in [6.45, 7) is 8.56. The van der Waals surface area contributed by atoms with Gasteiger partial charge in [0.15, 0.2) is 0 Å². The van der Waals surface area contributed by atoms with Gasteiger partial charge in [0, 0.05) is 5.56 Å². The summed E-state index contributed by atoms with van der Waals surface area (Å²) < 4.78 is 12.5. The highest BCUT2D eigenvalue weighted by Crippen LogP contribution is 2.41. The molecule has 0 N–H and O–H groups in total. The maximum atomic E-state index is 6.52. The van der Waals surface area contributed by atoms with Gasteiger partial charge >= 0.3 is 0 Å².